The van der Waals surface area contributed by atoms with Crippen molar-refractivity contribution >= 4 is 10.9 Å². The summed E-state index contributed by atoms with van der Waals surface area (Å²) in [5.41, 5.74) is 10.8. The molecule has 2 nitrogen and oxygen atoms in total. The van der Waals surface area contributed by atoms with Gasteiger partial charge in [0, 0.05) is 17.6 Å². The molecular formula is C20H24FN2-. The third-order valence-electron chi connectivity index (χ3n) is 6.29. The highest BCUT2D eigenvalue weighted by Gasteiger charge is 2.46. The van der Waals surface area contributed by atoms with Crippen molar-refractivity contribution in [2.75, 3.05) is 0 Å². The average Bonchev–Trinajstić information content (AvgIpc) is 3.32. The Morgan fingerprint density at radius 3 is 2.91 bits per heavy atom. The fourth-order valence-corrected chi connectivity index (χ4v) is 4.60. The molecule has 2 aliphatic rings. The van der Waals surface area contributed by atoms with Gasteiger partial charge >= 0.3 is 0 Å². The Morgan fingerprint density at radius 2 is 2.17 bits per heavy atom. The van der Waals surface area contributed by atoms with Crippen LogP contribution in [0.25, 0.3) is 16.6 Å². The molecule has 0 spiro atoms. The summed E-state index contributed by atoms with van der Waals surface area (Å²) in [5.74, 6) is 0.893. The van der Waals surface area contributed by atoms with Gasteiger partial charge in [0.2, 0.25) is 0 Å². The van der Waals surface area contributed by atoms with Gasteiger partial charge in [0.25, 0.3) is 0 Å². The van der Waals surface area contributed by atoms with E-state index in [9.17, 15) is 4.39 Å². The molecule has 2 atom stereocenters. The van der Waals surface area contributed by atoms with Gasteiger partial charge in [-0.25, -0.2) is 4.39 Å². The standard InChI is InChI=1S/C20H24FN2/c1-20(7-8-20)14-5-2-4-13(10-14)19-15-6-3-9-23-18(15)11-17(21)16(19)12-22/h3,6,9,11,13-14,22H,2,4-5,7-8,10,12H2,1H3/q-1/t13?,14-/m1/s1. The van der Waals surface area contributed by atoms with E-state index in [-0.39, 0.29) is 12.4 Å². The van der Waals surface area contributed by atoms with Crippen LogP contribution in [0.4, 0.5) is 4.39 Å². The van der Waals surface area contributed by atoms with E-state index in [2.05, 4.69) is 18.0 Å². The minimum atomic E-state index is -0.249. The van der Waals surface area contributed by atoms with Crippen molar-refractivity contribution in [3.8, 4) is 0 Å². The van der Waals surface area contributed by atoms with Gasteiger partial charge < -0.3 is 5.73 Å². The monoisotopic (exact) mass is 311 g/mol. The van der Waals surface area contributed by atoms with Crippen LogP contribution in [-0.4, -0.2) is 4.98 Å². The number of pyridine rings is 1. The molecule has 2 aromatic rings. The van der Waals surface area contributed by atoms with E-state index < -0.39 is 0 Å². The second-order valence-corrected chi connectivity index (χ2v) is 7.71. The summed E-state index contributed by atoms with van der Waals surface area (Å²) in [6.45, 7) is 2.43. The average molecular weight is 311 g/mol. The lowest BCUT2D eigenvalue weighted by molar-refractivity contribution is 0.224. The van der Waals surface area contributed by atoms with Crippen LogP contribution in [0.3, 0.4) is 0 Å². The first-order chi connectivity index (χ1) is 11.1. The summed E-state index contributed by atoms with van der Waals surface area (Å²) in [7, 11) is 0. The SMILES string of the molecule is CC1([C@@H]2CCCC(c3c(C[NH-])c(F)cc4ncccc34)C2)CC1. The van der Waals surface area contributed by atoms with E-state index in [1.165, 1.54) is 31.7 Å². The smallest absolute Gasteiger partial charge is 0.127 e. The molecule has 0 radical (unpaired) electrons. The van der Waals surface area contributed by atoms with Gasteiger partial charge in [-0.15, -0.1) is 6.54 Å². The molecule has 2 aliphatic carbocycles. The predicted molar refractivity (Wildman–Crippen MR) is 91.8 cm³/mol. The Labute approximate surface area is 137 Å². The Kier molecular flexibility index (Phi) is 3.64. The first-order valence-corrected chi connectivity index (χ1v) is 8.83. The highest BCUT2D eigenvalue weighted by atomic mass is 19.1. The number of nitrogens with zero attached hydrogens (tertiary/aromatic N) is 1. The molecule has 1 unspecified atom stereocenters. The lowest BCUT2D eigenvalue weighted by Crippen LogP contribution is -2.22. The maximum Gasteiger partial charge on any atom is 0.127 e. The van der Waals surface area contributed by atoms with E-state index in [0.717, 1.165) is 35.2 Å². The van der Waals surface area contributed by atoms with Gasteiger partial charge in [0.05, 0.1) is 5.52 Å². The third-order valence-corrected chi connectivity index (χ3v) is 6.29. The summed E-state index contributed by atoms with van der Waals surface area (Å²) >= 11 is 0. The van der Waals surface area contributed by atoms with Crippen LogP contribution in [0.1, 0.15) is 62.5 Å². The molecule has 1 aromatic heterocycles. The summed E-state index contributed by atoms with van der Waals surface area (Å²) in [5, 5.41) is 1.06. The molecule has 1 aromatic carbocycles. The zero-order valence-electron chi connectivity index (χ0n) is 13.7. The van der Waals surface area contributed by atoms with Crippen LogP contribution in [-0.2, 0) is 6.54 Å². The minimum Gasteiger partial charge on any atom is -0.674 e. The molecule has 2 fully saturated rings. The lowest BCUT2D eigenvalue weighted by atomic mass is 9.70. The van der Waals surface area contributed by atoms with E-state index >= 15 is 0 Å². The topological polar surface area (TPSA) is 36.7 Å². The number of hydrogen-bond acceptors (Lipinski definition) is 1. The first-order valence-electron chi connectivity index (χ1n) is 8.83. The van der Waals surface area contributed by atoms with Crippen LogP contribution >= 0.6 is 0 Å². The fourth-order valence-electron chi connectivity index (χ4n) is 4.60. The first kappa shape index (κ1) is 15.1. The zero-order chi connectivity index (χ0) is 16.0. The van der Waals surface area contributed by atoms with Crippen molar-refractivity contribution in [1.82, 2.24) is 4.98 Å². The van der Waals surface area contributed by atoms with Gasteiger partial charge in [-0.2, -0.15) is 0 Å². The van der Waals surface area contributed by atoms with Crippen molar-refractivity contribution < 1.29 is 4.39 Å². The quantitative estimate of drug-likeness (QED) is 0.684. The Bertz CT molecular complexity index is 736. The number of hydrogen-bond donors (Lipinski definition) is 0. The number of nitrogens with one attached hydrogen (secondary N) is 1. The maximum atomic E-state index is 14.5. The van der Waals surface area contributed by atoms with Gasteiger partial charge in [-0.3, -0.25) is 4.98 Å². The number of halogens is 1. The molecule has 122 valence electrons. The summed E-state index contributed by atoms with van der Waals surface area (Å²) in [6.07, 6.45) is 9.22. The molecule has 4 rings (SSSR count). The van der Waals surface area contributed by atoms with Crippen LogP contribution in [0.2, 0.25) is 0 Å². The van der Waals surface area contributed by atoms with E-state index in [4.69, 9.17) is 5.73 Å². The van der Waals surface area contributed by atoms with E-state index in [1.54, 1.807) is 6.20 Å². The molecule has 1 N–H and O–H groups in total. The van der Waals surface area contributed by atoms with Crippen LogP contribution in [0.5, 0.6) is 0 Å². The summed E-state index contributed by atoms with van der Waals surface area (Å²) in [6, 6.07) is 5.49. The van der Waals surface area contributed by atoms with Crippen molar-refractivity contribution in [1.29, 1.82) is 0 Å². The largest absolute Gasteiger partial charge is 0.674 e. The Hall–Kier alpha value is -1.48. The second kappa shape index (κ2) is 5.55. The second-order valence-electron chi connectivity index (χ2n) is 7.71. The maximum absolute atomic E-state index is 14.5. The normalized spacial score (nSPS) is 26.4. The van der Waals surface area contributed by atoms with E-state index in [1.807, 2.05) is 6.07 Å². The Morgan fingerprint density at radius 1 is 1.35 bits per heavy atom. The molecule has 23 heavy (non-hydrogen) atoms. The zero-order valence-corrected chi connectivity index (χ0v) is 13.7. The van der Waals surface area contributed by atoms with E-state index in [0.29, 0.717) is 16.9 Å². The minimum absolute atomic E-state index is 0.0183. The number of aromatic nitrogens is 1. The lowest BCUT2D eigenvalue weighted by Gasteiger charge is -2.35. The molecular weight excluding hydrogens is 287 g/mol. The van der Waals surface area contributed by atoms with Gasteiger partial charge in [-0.05, 0) is 66.5 Å². The summed E-state index contributed by atoms with van der Waals surface area (Å²) < 4.78 is 14.5. The van der Waals surface area contributed by atoms with Crippen molar-refractivity contribution in [2.45, 2.75) is 57.9 Å². The highest BCUT2D eigenvalue weighted by Crippen LogP contribution is 2.58. The van der Waals surface area contributed by atoms with Crippen LogP contribution in [0.15, 0.2) is 24.4 Å². The molecule has 1 heterocycles. The Balaban J connectivity index is 1.80. The highest BCUT2D eigenvalue weighted by molar-refractivity contribution is 5.84. The van der Waals surface area contributed by atoms with Crippen LogP contribution in [0, 0.1) is 17.2 Å². The van der Waals surface area contributed by atoms with Crippen molar-refractivity contribution in [2.24, 2.45) is 11.3 Å². The van der Waals surface area contributed by atoms with Gasteiger partial charge in [0.15, 0.2) is 0 Å². The fraction of sp³-hybridized carbons (Fsp3) is 0.550. The van der Waals surface area contributed by atoms with Crippen molar-refractivity contribution in [3.63, 3.8) is 0 Å². The molecule has 3 heteroatoms. The molecule has 2 saturated carbocycles. The molecule has 0 bridgehead atoms. The van der Waals surface area contributed by atoms with Crippen molar-refractivity contribution in [3.05, 3.63) is 47.1 Å². The molecule has 0 aliphatic heterocycles. The number of fused-ring (bicyclic) bond motifs is 1. The molecule has 0 saturated heterocycles. The van der Waals surface area contributed by atoms with Gasteiger partial charge in [0.1, 0.15) is 5.82 Å². The third kappa shape index (κ3) is 2.55. The predicted octanol–water partition coefficient (Wildman–Crippen LogP) is 6.00. The van der Waals surface area contributed by atoms with Crippen LogP contribution < -0.4 is 0 Å². The summed E-state index contributed by atoms with van der Waals surface area (Å²) in [4.78, 5) is 4.35. The number of rotatable bonds is 3. The number of benzene rings is 1. The molecule has 0 amide bonds. The van der Waals surface area contributed by atoms with Gasteiger partial charge in [-0.1, -0.05) is 19.4 Å².